The van der Waals surface area contributed by atoms with Gasteiger partial charge < -0.3 is 14.8 Å². The zero-order valence-electron chi connectivity index (χ0n) is 20.8. The Kier molecular flexibility index (Phi) is 7.45. The van der Waals surface area contributed by atoms with E-state index in [1.54, 1.807) is 42.5 Å². The van der Waals surface area contributed by atoms with E-state index in [0.29, 0.717) is 18.0 Å². The fraction of sp³-hybridized carbons (Fsp3) is 0.321. The van der Waals surface area contributed by atoms with Gasteiger partial charge in [0, 0.05) is 26.2 Å². The van der Waals surface area contributed by atoms with Crippen LogP contribution in [0.1, 0.15) is 16.7 Å². The van der Waals surface area contributed by atoms with Crippen molar-refractivity contribution in [2.45, 2.75) is 31.0 Å². The van der Waals surface area contributed by atoms with Gasteiger partial charge in [-0.3, -0.25) is 14.0 Å². The molecule has 3 aromatic carbocycles. The smallest absolute Gasteiger partial charge is 0.264 e. The molecule has 9 heteroatoms. The van der Waals surface area contributed by atoms with Crippen molar-refractivity contribution in [2.24, 2.45) is 0 Å². The third kappa shape index (κ3) is 5.79. The van der Waals surface area contributed by atoms with Crippen molar-refractivity contribution in [2.75, 3.05) is 37.2 Å². The third-order valence-corrected chi connectivity index (χ3v) is 8.40. The maximum absolute atomic E-state index is 13.5. The average molecular weight is 522 g/mol. The van der Waals surface area contributed by atoms with Crippen LogP contribution >= 0.6 is 0 Å². The van der Waals surface area contributed by atoms with Crippen molar-refractivity contribution in [3.63, 3.8) is 0 Å². The minimum absolute atomic E-state index is 0.113. The summed E-state index contributed by atoms with van der Waals surface area (Å²) in [6, 6.07) is 21.7. The van der Waals surface area contributed by atoms with Crippen molar-refractivity contribution < 1.29 is 22.7 Å². The molecule has 1 amide bonds. The molecule has 0 aromatic heterocycles. The minimum Gasteiger partial charge on any atom is -0.476 e. The zero-order valence-corrected chi connectivity index (χ0v) is 21.6. The summed E-state index contributed by atoms with van der Waals surface area (Å²) in [7, 11) is -3.88. The molecule has 194 valence electrons. The fourth-order valence-electron chi connectivity index (χ4n) is 4.53. The molecule has 0 aliphatic carbocycles. The van der Waals surface area contributed by atoms with Crippen LogP contribution in [0.4, 0.5) is 5.69 Å². The van der Waals surface area contributed by atoms with Gasteiger partial charge in [0.25, 0.3) is 15.9 Å². The van der Waals surface area contributed by atoms with Gasteiger partial charge in [0.1, 0.15) is 5.75 Å². The second-order valence-electron chi connectivity index (χ2n) is 9.35. The molecular weight excluding hydrogens is 490 g/mol. The molecule has 0 spiro atoms. The Labute approximate surface area is 217 Å². The van der Waals surface area contributed by atoms with E-state index in [1.165, 1.54) is 9.87 Å². The highest BCUT2D eigenvalue weighted by atomic mass is 32.2. The number of morpholine rings is 1. The Morgan fingerprint density at radius 3 is 2.41 bits per heavy atom. The fourth-order valence-corrected chi connectivity index (χ4v) is 6.02. The van der Waals surface area contributed by atoms with Gasteiger partial charge in [-0.05, 0) is 47.9 Å². The third-order valence-electron chi connectivity index (χ3n) is 6.61. The topological polar surface area (TPSA) is 88.2 Å². The molecule has 1 N–H and O–H groups in total. The Balaban J connectivity index is 1.27. The lowest BCUT2D eigenvalue weighted by Gasteiger charge is -2.35. The molecule has 8 nitrogen and oxygen atoms in total. The van der Waals surface area contributed by atoms with Crippen molar-refractivity contribution in [3.8, 4) is 5.75 Å². The Hall–Kier alpha value is -3.40. The number of fused-ring (bicyclic) bond motifs is 1. The number of rotatable bonds is 7. The second-order valence-corrected chi connectivity index (χ2v) is 11.2. The number of ether oxygens (including phenoxy) is 2. The van der Waals surface area contributed by atoms with Gasteiger partial charge >= 0.3 is 0 Å². The molecule has 2 aliphatic heterocycles. The van der Waals surface area contributed by atoms with Crippen LogP contribution in [0.25, 0.3) is 0 Å². The molecule has 2 aliphatic rings. The Morgan fingerprint density at radius 2 is 1.68 bits per heavy atom. The molecule has 2 heterocycles. The second kappa shape index (κ2) is 10.9. The van der Waals surface area contributed by atoms with Gasteiger partial charge in [-0.25, -0.2) is 8.42 Å². The monoisotopic (exact) mass is 521 g/mol. The van der Waals surface area contributed by atoms with Crippen LogP contribution < -0.4 is 14.4 Å². The predicted molar refractivity (Wildman–Crippen MR) is 141 cm³/mol. The number of nitrogens with one attached hydrogen (secondary N) is 1. The molecule has 3 aromatic rings. The van der Waals surface area contributed by atoms with Gasteiger partial charge in [-0.15, -0.1) is 0 Å². The molecule has 0 radical (unpaired) electrons. The van der Waals surface area contributed by atoms with Crippen molar-refractivity contribution in [1.82, 2.24) is 10.2 Å². The summed E-state index contributed by atoms with van der Waals surface area (Å²) < 4.78 is 39.6. The first-order valence-corrected chi connectivity index (χ1v) is 13.8. The number of aryl methyl sites for hydroxylation is 1. The van der Waals surface area contributed by atoms with Gasteiger partial charge in [0.15, 0.2) is 6.10 Å². The minimum atomic E-state index is -3.88. The zero-order chi connectivity index (χ0) is 25.8. The van der Waals surface area contributed by atoms with Crippen LogP contribution in [-0.4, -0.2) is 58.2 Å². The number of sulfonamides is 1. The van der Waals surface area contributed by atoms with E-state index in [2.05, 4.69) is 22.3 Å². The van der Waals surface area contributed by atoms with Crippen LogP contribution in [0.2, 0.25) is 0 Å². The number of nitrogens with zero attached hydrogens (tertiary/aromatic N) is 2. The van der Waals surface area contributed by atoms with Crippen molar-refractivity contribution in [3.05, 3.63) is 89.5 Å². The number of carbonyl (C=O) groups is 1. The quantitative estimate of drug-likeness (QED) is 0.514. The van der Waals surface area contributed by atoms with Crippen LogP contribution in [0.15, 0.2) is 77.7 Å². The van der Waals surface area contributed by atoms with Gasteiger partial charge in [-0.2, -0.15) is 0 Å². The van der Waals surface area contributed by atoms with E-state index in [9.17, 15) is 13.2 Å². The molecular formula is C28H31N3O5S. The van der Waals surface area contributed by atoms with Gasteiger partial charge in [0.2, 0.25) is 0 Å². The highest BCUT2D eigenvalue weighted by molar-refractivity contribution is 7.92. The average Bonchev–Trinajstić information content (AvgIpc) is 2.92. The number of benzene rings is 3. The maximum Gasteiger partial charge on any atom is 0.264 e. The van der Waals surface area contributed by atoms with E-state index >= 15 is 0 Å². The molecule has 1 unspecified atom stereocenters. The van der Waals surface area contributed by atoms with E-state index in [1.807, 2.05) is 25.1 Å². The number of hydrogen-bond donors (Lipinski definition) is 1. The summed E-state index contributed by atoms with van der Waals surface area (Å²) in [6.07, 6.45) is -0.978. The van der Waals surface area contributed by atoms with Crippen LogP contribution in [0.5, 0.6) is 5.75 Å². The summed E-state index contributed by atoms with van der Waals surface area (Å²) in [5, 5.41) is 2.91. The first-order valence-electron chi connectivity index (χ1n) is 12.4. The molecule has 37 heavy (non-hydrogen) atoms. The molecule has 1 atom stereocenters. The van der Waals surface area contributed by atoms with E-state index < -0.39 is 16.1 Å². The largest absolute Gasteiger partial charge is 0.476 e. The summed E-state index contributed by atoms with van der Waals surface area (Å²) in [4.78, 5) is 15.7. The standard InChI is InChI=1S/C28H31N3O5S/c1-21-7-12-25-26(17-21)36-27(20-31(25)37(33,34)24-5-3-2-4-6-24)28(32)29-18-22-8-10-23(11-9-22)19-30-13-15-35-16-14-30/h2-12,17,27H,13-16,18-20H2,1H3,(H,29,32). The van der Waals surface area contributed by atoms with Crippen LogP contribution in [-0.2, 0) is 32.6 Å². The first kappa shape index (κ1) is 25.3. The summed E-state index contributed by atoms with van der Waals surface area (Å²) >= 11 is 0. The Morgan fingerprint density at radius 1 is 0.973 bits per heavy atom. The lowest BCUT2D eigenvalue weighted by Crippen LogP contribution is -2.50. The highest BCUT2D eigenvalue weighted by Crippen LogP contribution is 2.37. The van der Waals surface area contributed by atoms with E-state index in [4.69, 9.17) is 9.47 Å². The van der Waals surface area contributed by atoms with Crippen LogP contribution in [0, 0.1) is 6.92 Å². The number of carbonyl (C=O) groups excluding carboxylic acids is 1. The van der Waals surface area contributed by atoms with Crippen molar-refractivity contribution in [1.29, 1.82) is 0 Å². The molecule has 1 fully saturated rings. The number of anilines is 1. The normalized spacial score (nSPS) is 18.1. The van der Waals surface area contributed by atoms with Gasteiger partial charge in [0.05, 0.1) is 30.3 Å². The van der Waals surface area contributed by atoms with E-state index in [0.717, 1.165) is 44.0 Å². The SMILES string of the molecule is Cc1ccc2c(c1)OC(C(=O)NCc1ccc(CN3CCOCC3)cc1)CN2S(=O)(=O)c1ccccc1. The lowest BCUT2D eigenvalue weighted by molar-refractivity contribution is -0.127. The first-order chi connectivity index (χ1) is 17.9. The maximum atomic E-state index is 13.5. The summed E-state index contributed by atoms with van der Waals surface area (Å²) in [5.41, 5.74) is 3.50. The highest BCUT2D eigenvalue weighted by Gasteiger charge is 2.37. The molecule has 0 bridgehead atoms. The molecule has 0 saturated carbocycles. The summed E-state index contributed by atoms with van der Waals surface area (Å²) in [5.74, 6) is 0.0104. The molecule has 1 saturated heterocycles. The number of hydrogen-bond acceptors (Lipinski definition) is 6. The number of amides is 1. The van der Waals surface area contributed by atoms with Gasteiger partial charge in [-0.1, -0.05) is 48.5 Å². The molecule has 5 rings (SSSR count). The van der Waals surface area contributed by atoms with Crippen molar-refractivity contribution >= 4 is 21.6 Å². The lowest BCUT2D eigenvalue weighted by atomic mass is 10.1. The predicted octanol–water partition coefficient (Wildman–Crippen LogP) is 3.10. The summed E-state index contributed by atoms with van der Waals surface area (Å²) in [6.45, 7) is 6.36. The van der Waals surface area contributed by atoms with E-state index in [-0.39, 0.29) is 17.3 Å². The van der Waals surface area contributed by atoms with Crippen LogP contribution in [0.3, 0.4) is 0 Å². The Bertz CT molecular complexity index is 1340.